The van der Waals surface area contributed by atoms with Crippen LogP contribution >= 0.6 is 0 Å². The third-order valence-electron chi connectivity index (χ3n) is 1.90. The predicted octanol–water partition coefficient (Wildman–Crippen LogP) is 2.05. The first-order chi connectivity index (χ1) is 6.29. The average molecular weight is 178 g/mol. The van der Waals surface area contributed by atoms with Crippen LogP contribution in [-0.2, 0) is 11.3 Å². The molecule has 1 unspecified atom stereocenters. The summed E-state index contributed by atoms with van der Waals surface area (Å²) in [7, 11) is 1.64. The largest absolute Gasteiger partial charge is 0.384 e. The number of methoxy groups -OCH3 is 1. The van der Waals surface area contributed by atoms with Gasteiger partial charge in [-0.3, -0.25) is 0 Å². The molecule has 0 aromatic heterocycles. The molecule has 0 spiro atoms. The lowest BCUT2D eigenvalue weighted by atomic mass is 10.0. The zero-order valence-corrected chi connectivity index (χ0v) is 7.73. The predicted molar refractivity (Wildman–Crippen MR) is 52.3 cm³/mol. The van der Waals surface area contributed by atoms with Crippen molar-refractivity contribution >= 4 is 0 Å². The van der Waals surface area contributed by atoms with E-state index in [4.69, 9.17) is 4.74 Å². The first-order valence-electron chi connectivity index (χ1n) is 4.17. The summed E-state index contributed by atoms with van der Waals surface area (Å²) >= 11 is 0. The van der Waals surface area contributed by atoms with Crippen molar-refractivity contribution in [3.05, 3.63) is 48.0 Å². The molecule has 1 rings (SSSR count). The van der Waals surface area contributed by atoms with Crippen molar-refractivity contribution < 1.29 is 9.84 Å². The van der Waals surface area contributed by atoms with Gasteiger partial charge in [-0.2, -0.15) is 0 Å². The quantitative estimate of drug-likeness (QED) is 0.715. The van der Waals surface area contributed by atoms with Crippen molar-refractivity contribution in [1.29, 1.82) is 0 Å². The summed E-state index contributed by atoms with van der Waals surface area (Å²) in [5, 5.41) is 9.56. The van der Waals surface area contributed by atoms with Crippen molar-refractivity contribution in [3.63, 3.8) is 0 Å². The van der Waals surface area contributed by atoms with Gasteiger partial charge in [0.05, 0.1) is 12.7 Å². The Morgan fingerprint density at radius 3 is 2.85 bits per heavy atom. The van der Waals surface area contributed by atoms with Crippen LogP contribution in [0.25, 0.3) is 0 Å². The number of aliphatic hydroxyl groups excluding tert-OH is 1. The van der Waals surface area contributed by atoms with Gasteiger partial charge in [0, 0.05) is 7.11 Å². The lowest BCUT2D eigenvalue weighted by Crippen LogP contribution is -1.99. The second kappa shape index (κ2) is 4.80. The van der Waals surface area contributed by atoms with E-state index >= 15 is 0 Å². The van der Waals surface area contributed by atoms with E-state index in [0.29, 0.717) is 6.61 Å². The van der Waals surface area contributed by atoms with Crippen molar-refractivity contribution in [2.45, 2.75) is 12.7 Å². The standard InChI is InChI=1S/C11H14O2/c1-3-11(12)10-7-5-4-6-9(10)8-13-2/h3-7,11-12H,1,8H2,2H3. The molecule has 1 aromatic carbocycles. The van der Waals surface area contributed by atoms with Crippen LogP contribution in [-0.4, -0.2) is 12.2 Å². The Balaban J connectivity index is 2.96. The number of benzene rings is 1. The minimum absolute atomic E-state index is 0.515. The molecule has 0 fully saturated rings. The van der Waals surface area contributed by atoms with Crippen LogP contribution in [0.2, 0.25) is 0 Å². The van der Waals surface area contributed by atoms with Gasteiger partial charge in [-0.1, -0.05) is 30.3 Å². The number of ether oxygens (including phenoxy) is 1. The lowest BCUT2D eigenvalue weighted by Gasteiger charge is -2.11. The van der Waals surface area contributed by atoms with Gasteiger partial charge in [0.2, 0.25) is 0 Å². The smallest absolute Gasteiger partial charge is 0.0972 e. The molecule has 0 aliphatic rings. The fourth-order valence-corrected chi connectivity index (χ4v) is 1.24. The fourth-order valence-electron chi connectivity index (χ4n) is 1.24. The highest BCUT2D eigenvalue weighted by molar-refractivity contribution is 5.30. The molecule has 0 saturated carbocycles. The molecule has 0 aliphatic carbocycles. The maximum atomic E-state index is 9.56. The summed E-state index contributed by atoms with van der Waals surface area (Å²) in [6.07, 6.45) is 0.903. The van der Waals surface area contributed by atoms with Crippen LogP contribution in [0.4, 0.5) is 0 Å². The number of hydrogen-bond acceptors (Lipinski definition) is 2. The highest BCUT2D eigenvalue weighted by atomic mass is 16.5. The molecule has 0 radical (unpaired) electrons. The normalized spacial score (nSPS) is 12.5. The van der Waals surface area contributed by atoms with E-state index in [-0.39, 0.29) is 0 Å². The Morgan fingerprint density at radius 2 is 2.23 bits per heavy atom. The summed E-state index contributed by atoms with van der Waals surface area (Å²) < 4.78 is 5.02. The molecule has 1 aromatic rings. The van der Waals surface area contributed by atoms with E-state index in [9.17, 15) is 5.11 Å². The van der Waals surface area contributed by atoms with Crippen LogP contribution in [0.5, 0.6) is 0 Å². The highest BCUT2D eigenvalue weighted by Crippen LogP contribution is 2.18. The molecule has 0 bridgehead atoms. The van der Waals surface area contributed by atoms with Gasteiger partial charge in [-0.15, -0.1) is 6.58 Å². The van der Waals surface area contributed by atoms with Gasteiger partial charge in [-0.05, 0) is 11.1 Å². The van der Waals surface area contributed by atoms with E-state index in [1.165, 1.54) is 6.08 Å². The molecule has 0 saturated heterocycles. The minimum Gasteiger partial charge on any atom is -0.384 e. The summed E-state index contributed by atoms with van der Waals surface area (Å²) in [5.74, 6) is 0. The van der Waals surface area contributed by atoms with Crippen LogP contribution in [0.1, 0.15) is 17.2 Å². The maximum Gasteiger partial charge on any atom is 0.0972 e. The van der Waals surface area contributed by atoms with E-state index in [1.807, 2.05) is 24.3 Å². The van der Waals surface area contributed by atoms with Gasteiger partial charge in [0.1, 0.15) is 0 Å². The zero-order chi connectivity index (χ0) is 9.68. The Morgan fingerprint density at radius 1 is 1.54 bits per heavy atom. The van der Waals surface area contributed by atoms with Crippen LogP contribution in [0.3, 0.4) is 0 Å². The Kier molecular flexibility index (Phi) is 3.68. The summed E-state index contributed by atoms with van der Waals surface area (Å²) in [4.78, 5) is 0. The molecule has 2 heteroatoms. The first kappa shape index (κ1) is 9.96. The molecular weight excluding hydrogens is 164 g/mol. The van der Waals surface area contributed by atoms with Gasteiger partial charge >= 0.3 is 0 Å². The summed E-state index contributed by atoms with van der Waals surface area (Å²) in [6, 6.07) is 7.63. The van der Waals surface area contributed by atoms with Gasteiger partial charge in [0.15, 0.2) is 0 Å². The minimum atomic E-state index is -0.605. The first-order valence-corrected chi connectivity index (χ1v) is 4.17. The Hall–Kier alpha value is -1.12. The van der Waals surface area contributed by atoms with Gasteiger partial charge in [0.25, 0.3) is 0 Å². The fraction of sp³-hybridized carbons (Fsp3) is 0.273. The van der Waals surface area contributed by atoms with E-state index in [0.717, 1.165) is 11.1 Å². The topological polar surface area (TPSA) is 29.5 Å². The molecule has 0 amide bonds. The van der Waals surface area contributed by atoms with Gasteiger partial charge < -0.3 is 9.84 Å². The second-order valence-corrected chi connectivity index (χ2v) is 2.81. The van der Waals surface area contributed by atoms with E-state index in [2.05, 4.69) is 6.58 Å². The van der Waals surface area contributed by atoms with Gasteiger partial charge in [-0.25, -0.2) is 0 Å². The third-order valence-corrected chi connectivity index (χ3v) is 1.90. The lowest BCUT2D eigenvalue weighted by molar-refractivity contribution is 0.177. The molecular formula is C11H14O2. The molecule has 0 aliphatic heterocycles. The molecule has 13 heavy (non-hydrogen) atoms. The highest BCUT2D eigenvalue weighted by Gasteiger charge is 2.07. The maximum absolute atomic E-state index is 9.56. The second-order valence-electron chi connectivity index (χ2n) is 2.81. The van der Waals surface area contributed by atoms with E-state index < -0.39 is 6.10 Å². The van der Waals surface area contributed by atoms with Crippen LogP contribution < -0.4 is 0 Å². The zero-order valence-electron chi connectivity index (χ0n) is 7.73. The van der Waals surface area contributed by atoms with Crippen molar-refractivity contribution in [1.82, 2.24) is 0 Å². The molecule has 0 heterocycles. The van der Waals surface area contributed by atoms with Crippen LogP contribution in [0.15, 0.2) is 36.9 Å². The Labute approximate surface area is 78.5 Å². The molecule has 70 valence electrons. The molecule has 1 atom stereocenters. The van der Waals surface area contributed by atoms with Crippen molar-refractivity contribution in [2.24, 2.45) is 0 Å². The SMILES string of the molecule is C=CC(O)c1ccccc1COC. The van der Waals surface area contributed by atoms with Crippen LogP contribution in [0, 0.1) is 0 Å². The number of rotatable bonds is 4. The van der Waals surface area contributed by atoms with Crippen molar-refractivity contribution in [2.75, 3.05) is 7.11 Å². The monoisotopic (exact) mass is 178 g/mol. The molecule has 1 N–H and O–H groups in total. The summed E-state index contributed by atoms with van der Waals surface area (Å²) in [5.41, 5.74) is 1.86. The number of aliphatic hydroxyl groups is 1. The number of hydrogen-bond donors (Lipinski definition) is 1. The third kappa shape index (κ3) is 2.41. The summed E-state index contributed by atoms with van der Waals surface area (Å²) in [6.45, 7) is 4.06. The van der Waals surface area contributed by atoms with Crippen molar-refractivity contribution in [3.8, 4) is 0 Å². The van der Waals surface area contributed by atoms with E-state index in [1.54, 1.807) is 7.11 Å². The average Bonchev–Trinajstić information content (AvgIpc) is 2.18. The Bertz CT molecular complexity index is 281. The molecule has 2 nitrogen and oxygen atoms in total.